The van der Waals surface area contributed by atoms with E-state index in [-0.39, 0.29) is 0 Å². The third kappa shape index (κ3) is 3.62. The first-order valence-electron chi connectivity index (χ1n) is 12.1. The zero-order valence-electron chi connectivity index (χ0n) is 19.8. The Hall–Kier alpha value is -4.44. The second-order valence-electron chi connectivity index (χ2n) is 9.29. The molecule has 0 bridgehead atoms. The van der Waals surface area contributed by atoms with Crippen molar-refractivity contribution in [1.29, 1.82) is 0 Å². The van der Waals surface area contributed by atoms with Crippen molar-refractivity contribution in [3.63, 3.8) is 0 Å². The third-order valence-corrected chi connectivity index (χ3v) is 6.73. The number of pyridine rings is 3. The predicted molar refractivity (Wildman–Crippen MR) is 136 cm³/mol. The molecule has 6 aromatic rings. The first-order valence-corrected chi connectivity index (χ1v) is 12.1. The minimum Gasteiger partial charge on any atom is -0.333 e. The summed E-state index contributed by atoms with van der Waals surface area (Å²) in [6, 6.07) is 6.17. The zero-order chi connectivity index (χ0) is 24.1. The monoisotopic (exact) mass is 476 g/mol. The molecule has 0 unspecified atom stereocenters. The summed E-state index contributed by atoms with van der Waals surface area (Å²) in [5.41, 5.74) is 7.94. The SMILES string of the molecule is Cc1cn(-c2ccnc3nc(-c4n[nH]c5cnc(-c6cncc(CN7CCCC7)c6)cc45)[nH]c23)cn1. The number of rotatable bonds is 5. The average molecular weight is 477 g/mol. The van der Waals surface area contributed by atoms with Crippen LogP contribution in [0.25, 0.3) is 50.5 Å². The second-order valence-corrected chi connectivity index (χ2v) is 9.29. The molecule has 0 radical (unpaired) electrons. The highest BCUT2D eigenvalue weighted by Gasteiger charge is 2.17. The van der Waals surface area contributed by atoms with E-state index in [1.807, 2.05) is 48.4 Å². The minimum absolute atomic E-state index is 0.623. The number of fused-ring (bicyclic) bond motifs is 2. The molecule has 36 heavy (non-hydrogen) atoms. The van der Waals surface area contributed by atoms with Crippen LogP contribution in [-0.2, 0) is 6.54 Å². The maximum absolute atomic E-state index is 4.75. The van der Waals surface area contributed by atoms with E-state index >= 15 is 0 Å². The standard InChI is InChI=1S/C26H24N10/c1-16-13-36(15-30-16)22-4-5-28-25-24(22)31-26(32-25)23-19-9-20(29-12-21(19)33-34-23)18-8-17(10-27-11-18)14-35-6-2-3-7-35/h4-5,8-13,15H,2-3,6-7,14H2,1H3,(H,33,34)(H,28,31,32). The maximum Gasteiger partial charge on any atom is 0.180 e. The van der Waals surface area contributed by atoms with Gasteiger partial charge in [0.05, 0.1) is 35.1 Å². The van der Waals surface area contributed by atoms with Crippen LogP contribution in [0.2, 0.25) is 0 Å². The number of hydrogen-bond acceptors (Lipinski definition) is 7. The quantitative estimate of drug-likeness (QED) is 0.385. The van der Waals surface area contributed by atoms with E-state index in [0.717, 1.165) is 64.4 Å². The molecule has 0 saturated carbocycles. The number of imidazole rings is 2. The summed E-state index contributed by atoms with van der Waals surface area (Å²) in [7, 11) is 0. The molecule has 1 saturated heterocycles. The molecule has 1 aliphatic heterocycles. The number of likely N-dealkylation sites (tertiary alicyclic amines) is 1. The Morgan fingerprint density at radius 3 is 2.81 bits per heavy atom. The van der Waals surface area contributed by atoms with Crippen LogP contribution in [0.1, 0.15) is 24.1 Å². The van der Waals surface area contributed by atoms with Gasteiger partial charge in [-0.3, -0.25) is 20.0 Å². The lowest BCUT2D eigenvalue weighted by Crippen LogP contribution is -2.18. The molecule has 1 aliphatic rings. The maximum atomic E-state index is 4.75. The van der Waals surface area contributed by atoms with Gasteiger partial charge in [-0.05, 0) is 56.6 Å². The Balaban J connectivity index is 1.28. The third-order valence-electron chi connectivity index (χ3n) is 6.73. The molecule has 0 spiro atoms. The van der Waals surface area contributed by atoms with Gasteiger partial charge in [-0.15, -0.1) is 0 Å². The van der Waals surface area contributed by atoms with Crippen molar-refractivity contribution in [3.05, 3.63) is 66.8 Å². The van der Waals surface area contributed by atoms with E-state index < -0.39 is 0 Å². The molecule has 7 rings (SSSR count). The predicted octanol–water partition coefficient (Wildman–Crippen LogP) is 4.05. The van der Waals surface area contributed by atoms with Gasteiger partial charge in [0.25, 0.3) is 0 Å². The van der Waals surface area contributed by atoms with Crippen molar-refractivity contribution >= 4 is 22.1 Å². The fourth-order valence-corrected chi connectivity index (χ4v) is 4.95. The first kappa shape index (κ1) is 20.9. The Labute approximate surface area is 206 Å². The smallest absolute Gasteiger partial charge is 0.180 e. The van der Waals surface area contributed by atoms with Crippen molar-refractivity contribution in [3.8, 4) is 28.5 Å². The van der Waals surface area contributed by atoms with Gasteiger partial charge in [-0.2, -0.15) is 5.10 Å². The van der Waals surface area contributed by atoms with E-state index in [2.05, 4.69) is 46.1 Å². The summed E-state index contributed by atoms with van der Waals surface area (Å²) in [5.74, 6) is 0.645. The van der Waals surface area contributed by atoms with Crippen LogP contribution in [0.5, 0.6) is 0 Å². The molecule has 0 aliphatic carbocycles. The normalized spacial score (nSPS) is 14.4. The average Bonchev–Trinajstić information content (AvgIpc) is 3.70. The molecule has 1 fully saturated rings. The van der Waals surface area contributed by atoms with Crippen molar-refractivity contribution in [2.45, 2.75) is 26.3 Å². The number of hydrogen-bond donors (Lipinski definition) is 2. The summed E-state index contributed by atoms with van der Waals surface area (Å²) >= 11 is 0. The highest BCUT2D eigenvalue weighted by molar-refractivity contribution is 5.95. The lowest BCUT2D eigenvalue weighted by molar-refractivity contribution is 0.331. The van der Waals surface area contributed by atoms with Crippen LogP contribution in [0.15, 0.2) is 55.5 Å². The lowest BCUT2D eigenvalue weighted by Gasteiger charge is -2.14. The van der Waals surface area contributed by atoms with Crippen LogP contribution in [0.4, 0.5) is 0 Å². The van der Waals surface area contributed by atoms with Gasteiger partial charge >= 0.3 is 0 Å². The van der Waals surface area contributed by atoms with E-state index in [0.29, 0.717) is 11.5 Å². The van der Waals surface area contributed by atoms with Gasteiger partial charge in [0.2, 0.25) is 0 Å². The highest BCUT2D eigenvalue weighted by Crippen LogP contribution is 2.30. The molecule has 178 valence electrons. The minimum atomic E-state index is 0.623. The first-order chi connectivity index (χ1) is 17.7. The van der Waals surface area contributed by atoms with Crippen LogP contribution in [-0.4, -0.2) is 62.7 Å². The lowest BCUT2D eigenvalue weighted by atomic mass is 10.1. The van der Waals surface area contributed by atoms with Crippen molar-refractivity contribution in [2.75, 3.05) is 13.1 Å². The van der Waals surface area contributed by atoms with Gasteiger partial charge < -0.3 is 9.55 Å². The summed E-state index contributed by atoms with van der Waals surface area (Å²) < 4.78 is 1.97. The summed E-state index contributed by atoms with van der Waals surface area (Å²) in [6.07, 6.45) is 13.7. The number of nitrogens with zero attached hydrogens (tertiary/aromatic N) is 8. The molecular weight excluding hydrogens is 452 g/mol. The van der Waals surface area contributed by atoms with Gasteiger partial charge in [0.1, 0.15) is 11.2 Å². The Bertz CT molecular complexity index is 1700. The van der Waals surface area contributed by atoms with Crippen molar-refractivity contribution in [1.82, 2.24) is 49.6 Å². The van der Waals surface area contributed by atoms with Gasteiger partial charge in [-0.25, -0.2) is 15.0 Å². The van der Waals surface area contributed by atoms with E-state index in [4.69, 9.17) is 4.98 Å². The fourth-order valence-electron chi connectivity index (χ4n) is 4.95. The summed E-state index contributed by atoms with van der Waals surface area (Å²) in [4.78, 5) is 28.6. The van der Waals surface area contributed by atoms with Crippen LogP contribution < -0.4 is 0 Å². The van der Waals surface area contributed by atoms with Crippen LogP contribution in [0, 0.1) is 6.92 Å². The molecule has 6 aromatic heterocycles. The van der Waals surface area contributed by atoms with Crippen LogP contribution >= 0.6 is 0 Å². The van der Waals surface area contributed by atoms with E-state index in [1.165, 1.54) is 18.4 Å². The molecule has 10 heteroatoms. The van der Waals surface area contributed by atoms with Gasteiger partial charge in [-0.1, -0.05) is 0 Å². The second kappa shape index (κ2) is 8.35. The molecule has 0 atom stereocenters. The zero-order valence-corrected chi connectivity index (χ0v) is 19.8. The molecule has 10 nitrogen and oxygen atoms in total. The largest absolute Gasteiger partial charge is 0.333 e. The van der Waals surface area contributed by atoms with Crippen LogP contribution in [0.3, 0.4) is 0 Å². The summed E-state index contributed by atoms with van der Waals surface area (Å²) in [6.45, 7) is 5.19. The molecule has 0 amide bonds. The Kier molecular flexibility index (Phi) is 4.84. The van der Waals surface area contributed by atoms with E-state index in [1.54, 1.807) is 12.5 Å². The summed E-state index contributed by atoms with van der Waals surface area (Å²) in [5, 5.41) is 8.58. The number of H-pyrrole nitrogens is 2. The number of aryl methyl sites for hydroxylation is 1. The fraction of sp³-hybridized carbons (Fsp3) is 0.231. The number of aromatic amines is 2. The van der Waals surface area contributed by atoms with Crippen molar-refractivity contribution < 1.29 is 0 Å². The van der Waals surface area contributed by atoms with Crippen molar-refractivity contribution in [2.24, 2.45) is 0 Å². The number of aromatic nitrogens is 9. The molecule has 2 N–H and O–H groups in total. The highest BCUT2D eigenvalue weighted by atomic mass is 15.2. The van der Waals surface area contributed by atoms with Gasteiger partial charge in [0, 0.05) is 42.3 Å². The Morgan fingerprint density at radius 2 is 1.94 bits per heavy atom. The molecule has 0 aromatic carbocycles. The molecular formula is C26H24N10. The molecule has 7 heterocycles. The number of nitrogens with one attached hydrogen (secondary N) is 2. The van der Waals surface area contributed by atoms with Gasteiger partial charge in [0.15, 0.2) is 11.5 Å². The van der Waals surface area contributed by atoms with E-state index in [9.17, 15) is 0 Å². The topological polar surface area (TPSA) is 117 Å². The Morgan fingerprint density at radius 1 is 1.03 bits per heavy atom.